The van der Waals surface area contributed by atoms with Gasteiger partial charge in [0.15, 0.2) is 0 Å². The highest BCUT2D eigenvalue weighted by atomic mass is 32.2. The van der Waals surface area contributed by atoms with Crippen LogP contribution >= 0.6 is 11.3 Å². The Morgan fingerprint density at radius 2 is 2.31 bits per heavy atom. The molecule has 0 unspecified atom stereocenters. The van der Waals surface area contributed by atoms with Gasteiger partial charge in [0.25, 0.3) is 0 Å². The van der Waals surface area contributed by atoms with Crippen LogP contribution in [-0.4, -0.2) is 20.1 Å². The number of aliphatic hydroxyl groups excluding tert-OH is 1. The molecule has 0 spiro atoms. The summed E-state index contributed by atoms with van der Waals surface area (Å²) in [7, 11) is -3.35. The summed E-state index contributed by atoms with van der Waals surface area (Å²) in [5.41, 5.74) is 0. The van der Waals surface area contributed by atoms with Crippen molar-refractivity contribution in [2.45, 2.75) is 18.4 Å². The fourth-order valence-electron chi connectivity index (χ4n) is 0.858. The third kappa shape index (κ3) is 2.50. The summed E-state index contributed by atoms with van der Waals surface area (Å²) in [6, 6.07) is 1.47. The predicted molar refractivity (Wildman–Crippen MR) is 51.1 cm³/mol. The molecule has 0 aromatic carbocycles. The van der Waals surface area contributed by atoms with Crippen molar-refractivity contribution in [1.29, 1.82) is 0 Å². The number of aliphatic hydroxyl groups is 1. The lowest BCUT2D eigenvalue weighted by Gasteiger charge is -1.99. The first-order chi connectivity index (χ1) is 6.10. The van der Waals surface area contributed by atoms with Crippen LogP contribution in [0.1, 0.15) is 11.8 Å². The van der Waals surface area contributed by atoms with E-state index >= 15 is 0 Å². The molecule has 0 aliphatic heterocycles. The highest BCUT2D eigenvalue weighted by Gasteiger charge is 2.14. The molecule has 0 bridgehead atoms. The number of nitrogens with one attached hydrogen (secondary N) is 1. The van der Waals surface area contributed by atoms with E-state index in [1.807, 2.05) is 0 Å². The minimum absolute atomic E-state index is 0.119. The largest absolute Gasteiger partial charge is 0.391 e. The summed E-state index contributed by atoms with van der Waals surface area (Å²) in [5.74, 6) is 0. The molecule has 1 rings (SSSR count). The Morgan fingerprint density at radius 1 is 1.62 bits per heavy atom. The zero-order valence-electron chi connectivity index (χ0n) is 7.15. The first-order valence-electron chi connectivity index (χ1n) is 3.78. The molecule has 0 saturated heterocycles. The Bertz CT molecular complexity index is 369. The van der Waals surface area contributed by atoms with Crippen molar-refractivity contribution in [3.63, 3.8) is 0 Å². The first kappa shape index (κ1) is 10.6. The Morgan fingerprint density at radius 3 is 2.77 bits per heavy atom. The average Bonchev–Trinajstić information content (AvgIpc) is 2.52. The zero-order valence-corrected chi connectivity index (χ0v) is 8.78. The molecule has 1 heterocycles. The second kappa shape index (κ2) is 4.19. The molecule has 4 nitrogen and oxygen atoms in total. The van der Waals surface area contributed by atoms with Crippen LogP contribution in [0.3, 0.4) is 0 Å². The van der Waals surface area contributed by atoms with Gasteiger partial charge in [-0.1, -0.05) is 6.92 Å². The van der Waals surface area contributed by atoms with Gasteiger partial charge in [0, 0.05) is 16.8 Å². The van der Waals surface area contributed by atoms with Crippen molar-refractivity contribution >= 4 is 21.4 Å². The molecule has 6 heteroatoms. The van der Waals surface area contributed by atoms with Crippen molar-refractivity contribution in [2.24, 2.45) is 0 Å². The topological polar surface area (TPSA) is 66.4 Å². The van der Waals surface area contributed by atoms with Gasteiger partial charge in [0.1, 0.15) is 0 Å². The van der Waals surface area contributed by atoms with Gasteiger partial charge >= 0.3 is 0 Å². The molecule has 0 radical (unpaired) electrons. The van der Waals surface area contributed by atoms with Crippen molar-refractivity contribution in [3.8, 4) is 0 Å². The van der Waals surface area contributed by atoms with Crippen LogP contribution in [0, 0.1) is 0 Å². The Kier molecular flexibility index (Phi) is 3.43. The molecule has 0 aliphatic rings. The van der Waals surface area contributed by atoms with E-state index in [0.29, 0.717) is 11.4 Å². The van der Waals surface area contributed by atoms with Gasteiger partial charge in [-0.15, -0.1) is 11.3 Å². The molecular formula is C7H11NO3S2. The molecule has 0 saturated carbocycles. The summed E-state index contributed by atoms with van der Waals surface area (Å²) >= 11 is 1.23. The number of hydrogen-bond donors (Lipinski definition) is 2. The van der Waals surface area contributed by atoms with Crippen LogP contribution < -0.4 is 4.72 Å². The summed E-state index contributed by atoms with van der Waals surface area (Å²) < 4.78 is 25.1. The molecule has 2 N–H and O–H groups in total. The van der Waals surface area contributed by atoms with Gasteiger partial charge < -0.3 is 5.11 Å². The Hall–Kier alpha value is -0.430. The third-order valence-electron chi connectivity index (χ3n) is 1.43. The second-order valence-electron chi connectivity index (χ2n) is 2.41. The first-order valence-corrected chi connectivity index (χ1v) is 6.14. The third-order valence-corrected chi connectivity index (χ3v) is 4.03. The number of thiophene rings is 1. The van der Waals surface area contributed by atoms with Gasteiger partial charge in [-0.3, -0.25) is 0 Å². The van der Waals surface area contributed by atoms with E-state index in [1.54, 1.807) is 6.92 Å². The fraction of sp³-hybridized carbons (Fsp3) is 0.429. The Balaban J connectivity index is 2.94. The maximum atomic E-state index is 11.4. The molecule has 0 atom stereocenters. The number of sulfonamides is 1. The van der Waals surface area contributed by atoms with E-state index < -0.39 is 10.0 Å². The summed E-state index contributed by atoms with van der Waals surface area (Å²) in [5, 5.41) is 10.3. The van der Waals surface area contributed by atoms with Crippen LogP contribution in [0.5, 0.6) is 0 Å². The van der Waals surface area contributed by atoms with E-state index in [1.165, 1.54) is 22.8 Å². The lowest BCUT2D eigenvalue weighted by Crippen LogP contribution is -2.22. The fourth-order valence-corrected chi connectivity index (χ4v) is 3.03. The van der Waals surface area contributed by atoms with Crippen molar-refractivity contribution in [2.75, 3.05) is 6.54 Å². The predicted octanol–water partition coefficient (Wildman–Crippen LogP) is 0.539. The smallest absolute Gasteiger partial charge is 0.241 e. The normalized spacial score (nSPS) is 11.8. The highest BCUT2D eigenvalue weighted by Crippen LogP contribution is 2.18. The van der Waals surface area contributed by atoms with E-state index in [0.717, 1.165) is 0 Å². The van der Waals surface area contributed by atoms with Crippen LogP contribution in [0.15, 0.2) is 16.3 Å². The summed E-state index contributed by atoms with van der Waals surface area (Å²) in [6.45, 7) is 1.97. The number of rotatable bonds is 4. The average molecular weight is 221 g/mol. The van der Waals surface area contributed by atoms with Gasteiger partial charge in [0.05, 0.1) is 11.5 Å². The van der Waals surface area contributed by atoms with Crippen LogP contribution in [0.4, 0.5) is 0 Å². The highest BCUT2D eigenvalue weighted by molar-refractivity contribution is 7.89. The van der Waals surface area contributed by atoms with Gasteiger partial charge in [0.2, 0.25) is 10.0 Å². The molecule has 13 heavy (non-hydrogen) atoms. The van der Waals surface area contributed by atoms with E-state index in [2.05, 4.69) is 4.72 Å². The maximum absolute atomic E-state index is 11.4. The van der Waals surface area contributed by atoms with Gasteiger partial charge in [-0.2, -0.15) is 0 Å². The van der Waals surface area contributed by atoms with E-state index in [9.17, 15) is 8.42 Å². The lowest BCUT2D eigenvalue weighted by atomic mass is 10.5. The quantitative estimate of drug-likeness (QED) is 0.779. The minimum atomic E-state index is -3.35. The molecule has 74 valence electrons. The molecule has 0 fully saturated rings. The van der Waals surface area contributed by atoms with Crippen molar-refractivity contribution in [3.05, 3.63) is 16.3 Å². The molecule has 0 aliphatic carbocycles. The van der Waals surface area contributed by atoms with Crippen LogP contribution in [-0.2, 0) is 16.6 Å². The minimum Gasteiger partial charge on any atom is -0.391 e. The summed E-state index contributed by atoms with van der Waals surface area (Å²) in [4.78, 5) is 0.875. The second-order valence-corrected chi connectivity index (χ2v) is 5.17. The standard InChI is InChI=1S/C7H11NO3S2/c1-2-8-13(10,11)7-3-6(4-9)12-5-7/h3,5,8-9H,2,4H2,1H3. The molecule has 1 aromatic heterocycles. The van der Waals surface area contributed by atoms with Crippen LogP contribution in [0.25, 0.3) is 0 Å². The zero-order chi connectivity index (χ0) is 9.90. The van der Waals surface area contributed by atoms with E-state index in [-0.39, 0.29) is 11.5 Å². The van der Waals surface area contributed by atoms with E-state index in [4.69, 9.17) is 5.11 Å². The van der Waals surface area contributed by atoms with Gasteiger partial charge in [-0.05, 0) is 6.07 Å². The monoisotopic (exact) mass is 221 g/mol. The lowest BCUT2D eigenvalue weighted by molar-refractivity contribution is 0.285. The van der Waals surface area contributed by atoms with Crippen molar-refractivity contribution < 1.29 is 13.5 Å². The maximum Gasteiger partial charge on any atom is 0.241 e. The van der Waals surface area contributed by atoms with Gasteiger partial charge in [-0.25, -0.2) is 13.1 Å². The summed E-state index contributed by atoms with van der Waals surface area (Å²) in [6.07, 6.45) is 0. The number of hydrogen-bond acceptors (Lipinski definition) is 4. The SMILES string of the molecule is CCNS(=O)(=O)c1csc(CO)c1. The van der Waals surface area contributed by atoms with Crippen molar-refractivity contribution in [1.82, 2.24) is 4.72 Å². The van der Waals surface area contributed by atoms with Crippen LogP contribution in [0.2, 0.25) is 0 Å². The molecule has 1 aromatic rings. The Labute approximate surface area is 81.3 Å². The molecule has 0 amide bonds. The molecular weight excluding hydrogens is 210 g/mol.